The van der Waals surface area contributed by atoms with Crippen LogP contribution in [0.5, 0.6) is 0 Å². The van der Waals surface area contributed by atoms with E-state index >= 15 is 0 Å². The maximum atomic E-state index is 11.6. The summed E-state index contributed by atoms with van der Waals surface area (Å²) in [6, 6.07) is 0. The molecule has 0 unspecified atom stereocenters. The minimum atomic E-state index is -0.183. The Hall–Kier alpha value is -1.08. The molecule has 1 aromatic heterocycles. The first-order valence-electron chi connectivity index (χ1n) is 5.30. The first-order chi connectivity index (χ1) is 8.17. The van der Waals surface area contributed by atoms with Gasteiger partial charge in [-0.05, 0) is 13.8 Å². The summed E-state index contributed by atoms with van der Waals surface area (Å²) in [7, 11) is 0. The molecule has 2 N–H and O–H groups in total. The first-order valence-corrected chi connectivity index (χ1v) is 6.99. The van der Waals surface area contributed by atoms with Crippen molar-refractivity contribution in [1.82, 2.24) is 15.5 Å². The zero-order valence-corrected chi connectivity index (χ0v) is 11.5. The molecule has 0 saturated heterocycles. The van der Waals surface area contributed by atoms with E-state index in [0.29, 0.717) is 6.54 Å². The van der Waals surface area contributed by atoms with E-state index in [1.807, 2.05) is 13.8 Å². The Kier molecular flexibility index (Phi) is 5.99. The van der Waals surface area contributed by atoms with Crippen LogP contribution in [-0.4, -0.2) is 34.4 Å². The molecule has 0 bridgehead atoms. The van der Waals surface area contributed by atoms with Crippen LogP contribution in [0.1, 0.15) is 13.8 Å². The van der Waals surface area contributed by atoms with Crippen molar-refractivity contribution in [1.29, 1.82) is 0 Å². The van der Waals surface area contributed by atoms with Crippen LogP contribution in [0.3, 0.4) is 0 Å². The van der Waals surface area contributed by atoms with E-state index in [9.17, 15) is 4.79 Å². The summed E-state index contributed by atoms with van der Waals surface area (Å²) in [5.74, 6) is -0.0184. The van der Waals surface area contributed by atoms with Crippen LogP contribution < -0.4 is 10.6 Å². The lowest BCUT2D eigenvalue weighted by Crippen LogP contribution is -2.30. The predicted octanol–water partition coefficient (Wildman–Crippen LogP) is 1.75. The lowest BCUT2D eigenvalue weighted by atomic mass is 10.4. The molecule has 17 heavy (non-hydrogen) atoms. The summed E-state index contributed by atoms with van der Waals surface area (Å²) >= 11 is 2.86. The zero-order chi connectivity index (χ0) is 12.7. The van der Waals surface area contributed by atoms with Crippen LogP contribution in [0.25, 0.3) is 0 Å². The average molecular weight is 272 g/mol. The van der Waals surface area contributed by atoms with Gasteiger partial charge in [0.2, 0.25) is 11.0 Å². The Morgan fingerprint density at radius 1 is 1.65 bits per heavy atom. The van der Waals surface area contributed by atoms with E-state index in [0.717, 1.165) is 16.0 Å². The number of rotatable bonds is 7. The molecule has 1 aromatic rings. The quantitative estimate of drug-likeness (QED) is 0.585. The second-order valence-electron chi connectivity index (χ2n) is 3.20. The topological polar surface area (TPSA) is 66.9 Å². The Labute approximate surface area is 109 Å². The highest BCUT2D eigenvalue weighted by atomic mass is 32.2. The number of hydrogen-bond acceptors (Lipinski definition) is 6. The zero-order valence-electron chi connectivity index (χ0n) is 9.90. The molecule has 1 atom stereocenters. The molecule has 0 radical (unpaired) electrons. The summed E-state index contributed by atoms with van der Waals surface area (Å²) in [5, 5.41) is 14.4. The van der Waals surface area contributed by atoms with Crippen LogP contribution in [0.4, 0.5) is 5.13 Å². The second kappa shape index (κ2) is 7.29. The Balaban J connectivity index is 2.46. The fourth-order valence-electron chi connectivity index (χ4n) is 1.00. The molecule has 0 saturated carbocycles. The van der Waals surface area contributed by atoms with Crippen molar-refractivity contribution >= 4 is 34.1 Å². The number of nitrogens with zero attached hydrogens (tertiary/aromatic N) is 2. The van der Waals surface area contributed by atoms with E-state index in [4.69, 9.17) is 0 Å². The minimum absolute atomic E-state index is 0.0184. The first kappa shape index (κ1) is 14.0. The SMILES string of the molecule is C=CCNC(=O)[C@H](C)Sc1nnc(NCC)s1. The summed E-state index contributed by atoms with van der Waals surface area (Å²) in [4.78, 5) is 11.6. The molecular formula is C10H16N4OS2. The van der Waals surface area contributed by atoms with Crippen molar-refractivity contribution in [3.8, 4) is 0 Å². The number of carbonyl (C=O) groups is 1. The minimum Gasteiger partial charge on any atom is -0.360 e. The number of anilines is 1. The normalized spacial score (nSPS) is 11.9. The smallest absolute Gasteiger partial charge is 0.233 e. The van der Waals surface area contributed by atoms with Crippen molar-refractivity contribution in [2.45, 2.75) is 23.4 Å². The van der Waals surface area contributed by atoms with Gasteiger partial charge in [-0.25, -0.2) is 0 Å². The molecule has 0 fully saturated rings. The fourth-order valence-corrected chi connectivity index (χ4v) is 2.99. The van der Waals surface area contributed by atoms with E-state index in [-0.39, 0.29) is 11.2 Å². The highest BCUT2D eigenvalue weighted by molar-refractivity contribution is 8.02. The highest BCUT2D eigenvalue weighted by Crippen LogP contribution is 2.28. The van der Waals surface area contributed by atoms with Crippen LogP contribution in [0.15, 0.2) is 17.0 Å². The molecule has 1 rings (SSSR count). The summed E-state index contributed by atoms with van der Waals surface area (Å²) in [6.07, 6.45) is 1.66. The molecule has 0 aliphatic carbocycles. The van der Waals surface area contributed by atoms with E-state index in [2.05, 4.69) is 27.4 Å². The molecule has 5 nitrogen and oxygen atoms in total. The molecule has 0 aromatic carbocycles. The van der Waals surface area contributed by atoms with Gasteiger partial charge < -0.3 is 10.6 Å². The number of hydrogen-bond donors (Lipinski definition) is 2. The van der Waals surface area contributed by atoms with E-state index < -0.39 is 0 Å². The van der Waals surface area contributed by atoms with Gasteiger partial charge in [0, 0.05) is 13.1 Å². The number of amides is 1. The maximum absolute atomic E-state index is 11.6. The van der Waals surface area contributed by atoms with Gasteiger partial charge in [-0.3, -0.25) is 4.79 Å². The van der Waals surface area contributed by atoms with Gasteiger partial charge in [-0.2, -0.15) is 0 Å². The lowest BCUT2D eigenvalue weighted by molar-refractivity contribution is -0.120. The third kappa shape index (κ3) is 4.74. The summed E-state index contributed by atoms with van der Waals surface area (Å²) in [6.45, 7) is 8.70. The molecule has 0 aliphatic rings. The monoisotopic (exact) mass is 272 g/mol. The number of aromatic nitrogens is 2. The van der Waals surface area contributed by atoms with Gasteiger partial charge in [0.25, 0.3) is 0 Å². The van der Waals surface area contributed by atoms with Crippen molar-refractivity contribution in [3.05, 3.63) is 12.7 Å². The van der Waals surface area contributed by atoms with Crippen LogP contribution in [0.2, 0.25) is 0 Å². The lowest BCUT2D eigenvalue weighted by Gasteiger charge is -2.07. The molecule has 0 spiro atoms. The molecule has 1 amide bonds. The standard InChI is InChI=1S/C10H16N4OS2/c1-4-6-12-8(15)7(3)16-10-14-13-9(17-10)11-5-2/h4,7H,1,5-6H2,2-3H3,(H,11,13)(H,12,15)/t7-/m0/s1. The van der Waals surface area contributed by atoms with Gasteiger partial charge in [0.1, 0.15) is 0 Å². The van der Waals surface area contributed by atoms with Crippen LogP contribution >= 0.6 is 23.1 Å². The van der Waals surface area contributed by atoms with Gasteiger partial charge in [-0.15, -0.1) is 16.8 Å². The fraction of sp³-hybridized carbons (Fsp3) is 0.500. The molecule has 7 heteroatoms. The van der Waals surface area contributed by atoms with E-state index in [1.165, 1.54) is 23.1 Å². The average Bonchev–Trinajstić information content (AvgIpc) is 2.74. The molecule has 1 heterocycles. The van der Waals surface area contributed by atoms with Crippen molar-refractivity contribution in [3.63, 3.8) is 0 Å². The third-order valence-corrected chi connectivity index (χ3v) is 3.87. The summed E-state index contributed by atoms with van der Waals surface area (Å²) in [5.41, 5.74) is 0. The Morgan fingerprint density at radius 3 is 3.06 bits per heavy atom. The maximum Gasteiger partial charge on any atom is 0.233 e. The van der Waals surface area contributed by atoms with Gasteiger partial charge >= 0.3 is 0 Å². The predicted molar refractivity (Wildman–Crippen MR) is 72.6 cm³/mol. The van der Waals surface area contributed by atoms with E-state index in [1.54, 1.807) is 6.08 Å². The molecule has 0 aliphatic heterocycles. The highest BCUT2D eigenvalue weighted by Gasteiger charge is 2.16. The van der Waals surface area contributed by atoms with Crippen molar-refractivity contribution in [2.24, 2.45) is 0 Å². The number of nitrogens with one attached hydrogen (secondary N) is 2. The van der Waals surface area contributed by atoms with Gasteiger partial charge in [0.15, 0.2) is 4.34 Å². The Morgan fingerprint density at radius 2 is 2.41 bits per heavy atom. The Bertz CT molecular complexity index is 380. The van der Waals surface area contributed by atoms with Gasteiger partial charge in [-0.1, -0.05) is 29.2 Å². The third-order valence-electron chi connectivity index (χ3n) is 1.80. The van der Waals surface area contributed by atoms with Crippen LogP contribution in [0, 0.1) is 0 Å². The molecule has 94 valence electrons. The van der Waals surface area contributed by atoms with Crippen molar-refractivity contribution < 1.29 is 4.79 Å². The number of thioether (sulfide) groups is 1. The second-order valence-corrected chi connectivity index (χ2v) is 5.76. The van der Waals surface area contributed by atoms with Crippen LogP contribution in [-0.2, 0) is 4.79 Å². The summed E-state index contributed by atoms with van der Waals surface area (Å²) < 4.78 is 0.794. The van der Waals surface area contributed by atoms with Crippen molar-refractivity contribution in [2.75, 3.05) is 18.4 Å². The number of carbonyl (C=O) groups excluding carboxylic acids is 1. The molecular weight excluding hydrogens is 256 g/mol. The largest absolute Gasteiger partial charge is 0.360 e. The van der Waals surface area contributed by atoms with Gasteiger partial charge in [0.05, 0.1) is 5.25 Å².